The van der Waals surface area contributed by atoms with Crippen molar-refractivity contribution in [2.45, 2.75) is 40.8 Å². The minimum atomic E-state index is -5.42. The van der Waals surface area contributed by atoms with Crippen molar-refractivity contribution in [2.24, 2.45) is 0 Å². The van der Waals surface area contributed by atoms with Gasteiger partial charge in [0, 0.05) is 6.08 Å². The van der Waals surface area contributed by atoms with Crippen molar-refractivity contribution in [1.29, 1.82) is 0 Å². The number of hydrogen-bond acceptors (Lipinski definition) is 3. The minimum Gasteiger partial charge on any atom is -0.504 e. The van der Waals surface area contributed by atoms with E-state index < -0.39 is 42.1 Å². The quantitative estimate of drug-likeness (QED) is 0.400. The Morgan fingerprint density at radius 3 is 1.04 bits per heavy atom. The maximum absolute atomic E-state index is 11.4. The summed E-state index contributed by atoms with van der Waals surface area (Å²) in [4.78, 5) is 18.8. The number of aliphatic hydroxyl groups is 1. The van der Waals surface area contributed by atoms with Crippen molar-refractivity contribution in [3.8, 4) is 0 Å². The normalized spacial score (nSPS) is 11.6. The van der Waals surface area contributed by atoms with E-state index in [0.717, 1.165) is 0 Å². The summed E-state index contributed by atoms with van der Waals surface area (Å²) in [5.74, 6) is -8.09. The van der Waals surface area contributed by atoms with E-state index in [1.807, 2.05) is 0 Å². The van der Waals surface area contributed by atoms with Gasteiger partial charge in [-0.25, -0.2) is 4.79 Å². The van der Waals surface area contributed by atoms with Crippen LogP contribution in [-0.4, -0.2) is 40.5 Å². The van der Waals surface area contributed by atoms with Crippen LogP contribution in [0.1, 0.15) is 22.3 Å². The third kappa shape index (κ3) is 16.2. The number of ketones is 1. The molecule has 0 aliphatic rings. The Hall–Kier alpha value is -1.95. The number of carbonyl (C=O) groups is 2. The maximum Gasteiger partial charge on any atom is 0.490 e. The number of allylic oxidation sites excluding steroid dienone is 2. The second-order valence-corrected chi connectivity index (χ2v) is 2.69. The van der Waals surface area contributed by atoms with Gasteiger partial charge in [-0.1, -0.05) is 22.3 Å². The first-order valence-electron chi connectivity index (χ1n) is 3.88. The lowest BCUT2D eigenvalue weighted by atomic mass is 10.3. The average molecular weight is 370 g/mol. The molecule has 0 radical (unpaired) electrons. The van der Waals surface area contributed by atoms with E-state index in [9.17, 15) is 44.3 Å². The fourth-order valence-electron chi connectivity index (χ4n) is 0.288. The highest BCUT2D eigenvalue weighted by atomic mass is 19.4. The zero-order valence-corrected chi connectivity index (χ0v) is 8.69. The van der Waals surface area contributed by atoms with Crippen LogP contribution in [0, 0.1) is 0 Å². The van der Waals surface area contributed by atoms with E-state index in [2.05, 4.69) is 0 Å². The molecule has 23 heavy (non-hydrogen) atoms. The molecule has 0 heterocycles. The molecule has 0 aromatic carbocycles. The number of hydrogen-bond donors (Lipinski definition) is 2. The highest BCUT2D eigenvalue weighted by Gasteiger charge is 2.41. The van der Waals surface area contributed by atoms with Crippen molar-refractivity contribution in [1.82, 2.24) is 0 Å². The van der Waals surface area contributed by atoms with Crippen molar-refractivity contribution < 1.29 is 59.3 Å². The van der Waals surface area contributed by atoms with Gasteiger partial charge in [0.15, 0.2) is 0 Å². The van der Waals surface area contributed by atoms with Gasteiger partial charge in [0.2, 0.25) is 5.76 Å². The lowest BCUT2D eigenvalue weighted by Crippen LogP contribution is -2.23. The van der Waals surface area contributed by atoms with E-state index >= 15 is 0 Å². The molecule has 0 spiro atoms. The maximum atomic E-state index is 11.4. The van der Waals surface area contributed by atoms with E-state index in [1.165, 1.54) is 0 Å². The Morgan fingerprint density at radius 1 is 0.652 bits per heavy atom. The van der Waals surface area contributed by atoms with Gasteiger partial charge < -0.3 is 10.2 Å². The van der Waals surface area contributed by atoms with Crippen LogP contribution in [-0.2, 0) is 9.59 Å². The molecule has 0 aliphatic heterocycles. The Kier molecular flexibility index (Phi) is 15.3. The molecule has 0 aromatic rings. The van der Waals surface area contributed by atoms with Crippen molar-refractivity contribution >= 4 is 11.8 Å². The summed E-state index contributed by atoms with van der Waals surface area (Å²) in [7, 11) is 0. The first kappa shape index (κ1) is 32.8. The van der Waals surface area contributed by atoms with Crippen LogP contribution < -0.4 is 0 Å². The molecular weight excluding hydrogens is 355 g/mol. The Balaban J connectivity index is -0.0000000945. The summed E-state index contributed by atoms with van der Waals surface area (Å²) in [6, 6.07) is 0. The smallest absolute Gasteiger partial charge is 0.490 e. The predicted octanol–water partition coefficient (Wildman–Crippen LogP) is 4.66. The lowest BCUT2D eigenvalue weighted by Gasteiger charge is -2.05. The number of alkyl halides is 9. The number of aliphatic hydroxyl groups excluding tert-OH is 1. The lowest BCUT2D eigenvalue weighted by molar-refractivity contribution is -0.192. The van der Waals surface area contributed by atoms with Crippen LogP contribution in [0.25, 0.3) is 0 Å². The third-order valence-electron chi connectivity index (χ3n) is 1.08. The molecule has 2 N–H and O–H groups in total. The monoisotopic (exact) mass is 370 g/mol. The fourth-order valence-corrected chi connectivity index (χ4v) is 0.288. The molecule has 4 nitrogen and oxygen atoms in total. The molecular formula is C10H15F9O4. The van der Waals surface area contributed by atoms with Crippen molar-refractivity contribution in [3.05, 3.63) is 11.8 Å². The first-order valence-corrected chi connectivity index (χ1v) is 3.88. The zero-order valence-electron chi connectivity index (χ0n) is 8.69. The third-order valence-corrected chi connectivity index (χ3v) is 1.08. The van der Waals surface area contributed by atoms with E-state index in [0.29, 0.717) is 0 Å². The van der Waals surface area contributed by atoms with Gasteiger partial charge in [0.05, 0.1) is 0 Å². The summed E-state index contributed by atoms with van der Waals surface area (Å²) in [5, 5.41) is 15.1. The van der Waals surface area contributed by atoms with Crippen LogP contribution in [0.15, 0.2) is 11.8 Å². The molecule has 0 atom stereocenters. The standard InChI is InChI=1S/C5H2F6O2.C2HF3O2.3CH4/c6-4(7,8)2(12)1-3(13)5(9,10)11;3-2(4,5)1(6)7;;;/h1,12H;(H,6,7);3*1H4. The van der Waals surface area contributed by atoms with Gasteiger partial charge >= 0.3 is 24.5 Å². The molecule has 0 amide bonds. The Labute approximate surface area is 125 Å². The second kappa shape index (κ2) is 10.7. The summed E-state index contributed by atoms with van der Waals surface area (Å²) >= 11 is 0. The second-order valence-electron chi connectivity index (χ2n) is 2.69. The fraction of sp³-hybridized carbons (Fsp3) is 0.600. The van der Waals surface area contributed by atoms with E-state index in [1.54, 1.807) is 0 Å². The van der Waals surface area contributed by atoms with Crippen molar-refractivity contribution in [2.75, 3.05) is 0 Å². The van der Waals surface area contributed by atoms with Gasteiger partial charge in [-0.15, -0.1) is 0 Å². The molecule has 0 saturated carbocycles. The number of carboxylic acids is 1. The highest BCUT2D eigenvalue weighted by Crippen LogP contribution is 2.25. The average Bonchev–Trinajstić information content (AvgIpc) is 2.13. The van der Waals surface area contributed by atoms with Crippen LogP contribution in [0.4, 0.5) is 39.5 Å². The summed E-state index contributed by atoms with van der Waals surface area (Å²) in [5.41, 5.74) is 0. The van der Waals surface area contributed by atoms with E-state index in [4.69, 9.17) is 15.0 Å². The summed E-state index contributed by atoms with van der Waals surface area (Å²) in [6.45, 7) is 0. The topological polar surface area (TPSA) is 74.6 Å². The SMILES string of the molecule is C.C.C.O=C(C=C(O)C(F)(F)F)C(F)(F)F.O=C(O)C(F)(F)F. The van der Waals surface area contributed by atoms with Gasteiger partial charge in [0.25, 0.3) is 5.78 Å². The first-order chi connectivity index (χ1) is 8.49. The van der Waals surface area contributed by atoms with Crippen LogP contribution >= 0.6 is 0 Å². The molecule has 0 saturated heterocycles. The predicted molar refractivity (Wildman–Crippen MR) is 61.7 cm³/mol. The summed E-state index contributed by atoms with van der Waals surface area (Å²) < 4.78 is 99.8. The van der Waals surface area contributed by atoms with Gasteiger partial charge in [-0.3, -0.25) is 4.79 Å². The number of halogens is 9. The Bertz CT molecular complexity index is 391. The Morgan fingerprint density at radius 2 is 0.913 bits per heavy atom. The molecule has 0 fully saturated rings. The number of carboxylic acid groups (broad SMARTS) is 1. The number of rotatable bonds is 1. The molecule has 142 valence electrons. The van der Waals surface area contributed by atoms with E-state index in [-0.39, 0.29) is 22.3 Å². The summed E-state index contributed by atoms with van der Waals surface area (Å²) in [6.07, 6.45) is -16.8. The number of carbonyl (C=O) groups excluding carboxylic acids is 1. The molecule has 0 rings (SSSR count). The molecule has 13 heteroatoms. The van der Waals surface area contributed by atoms with Gasteiger partial charge in [-0.05, 0) is 0 Å². The number of aliphatic carboxylic acids is 1. The highest BCUT2D eigenvalue weighted by molar-refractivity contribution is 5.94. The molecule has 0 bridgehead atoms. The molecule has 0 aromatic heterocycles. The van der Waals surface area contributed by atoms with Crippen LogP contribution in [0.2, 0.25) is 0 Å². The zero-order chi connectivity index (χ0) is 16.9. The largest absolute Gasteiger partial charge is 0.504 e. The minimum absolute atomic E-state index is 0. The van der Waals surface area contributed by atoms with Crippen LogP contribution in [0.3, 0.4) is 0 Å². The van der Waals surface area contributed by atoms with Crippen molar-refractivity contribution in [3.63, 3.8) is 0 Å². The van der Waals surface area contributed by atoms with Gasteiger partial charge in [-0.2, -0.15) is 39.5 Å². The molecule has 0 aliphatic carbocycles. The van der Waals surface area contributed by atoms with Gasteiger partial charge in [0.1, 0.15) is 0 Å². The van der Waals surface area contributed by atoms with Crippen LogP contribution in [0.5, 0.6) is 0 Å². The molecule has 0 unspecified atom stereocenters.